The number of hydrogen-bond acceptors (Lipinski definition) is 9. The van der Waals surface area contributed by atoms with Crippen molar-refractivity contribution in [3.8, 4) is 34.3 Å². The topological polar surface area (TPSA) is 114 Å². The number of pyridine rings is 1. The highest BCUT2D eigenvalue weighted by atomic mass is 35.5. The van der Waals surface area contributed by atoms with Crippen molar-refractivity contribution in [1.82, 2.24) is 15.1 Å². The molecule has 0 saturated heterocycles. The molecule has 0 fully saturated rings. The summed E-state index contributed by atoms with van der Waals surface area (Å²) in [5, 5.41) is 22.8. The molecule has 2 heterocycles. The van der Waals surface area contributed by atoms with E-state index in [1.54, 1.807) is 12.1 Å². The first kappa shape index (κ1) is 23.8. The van der Waals surface area contributed by atoms with Crippen LogP contribution in [0.1, 0.15) is 19.5 Å². The summed E-state index contributed by atoms with van der Waals surface area (Å²) in [6, 6.07) is 7.11. The van der Waals surface area contributed by atoms with Crippen molar-refractivity contribution in [2.24, 2.45) is 0 Å². The Kier molecular flexibility index (Phi) is 7.89. The number of aromatic nitrogens is 3. The standard InChI is InChI=1S/C22H27ClN4O5/c1-5-27(6-2)19-10-15(7-13(3)24-19)22-25-21(26-32-22)14-8-17(23)20(18(9-14)30-4)31-12-16(29)11-28/h7-10,16,28-29H,5-6,11-12H2,1-4H3. The summed E-state index contributed by atoms with van der Waals surface area (Å²) < 4.78 is 16.4. The van der Waals surface area contributed by atoms with Crippen LogP contribution < -0.4 is 14.4 Å². The molecule has 3 rings (SSSR count). The van der Waals surface area contributed by atoms with E-state index in [4.69, 9.17) is 30.7 Å². The van der Waals surface area contributed by atoms with Crippen LogP contribution in [0.2, 0.25) is 5.02 Å². The van der Waals surface area contributed by atoms with Crippen molar-refractivity contribution in [2.75, 3.05) is 38.3 Å². The minimum Gasteiger partial charge on any atom is -0.493 e. The molecule has 10 heteroatoms. The van der Waals surface area contributed by atoms with E-state index >= 15 is 0 Å². The van der Waals surface area contributed by atoms with Crippen LogP contribution in [0.5, 0.6) is 11.5 Å². The summed E-state index contributed by atoms with van der Waals surface area (Å²) in [6.45, 7) is 7.20. The van der Waals surface area contributed by atoms with Crippen molar-refractivity contribution in [3.05, 3.63) is 35.0 Å². The van der Waals surface area contributed by atoms with E-state index in [0.29, 0.717) is 23.0 Å². The molecular formula is C22H27ClN4O5. The maximum atomic E-state index is 9.52. The Labute approximate surface area is 191 Å². The Balaban J connectivity index is 1.92. The van der Waals surface area contributed by atoms with Gasteiger partial charge in [-0.05, 0) is 45.0 Å². The van der Waals surface area contributed by atoms with Crippen molar-refractivity contribution in [2.45, 2.75) is 26.9 Å². The number of aryl methyl sites for hydroxylation is 1. The van der Waals surface area contributed by atoms with E-state index in [-0.39, 0.29) is 17.4 Å². The minimum absolute atomic E-state index is 0.130. The number of nitrogens with zero attached hydrogens (tertiary/aromatic N) is 4. The van der Waals surface area contributed by atoms with Crippen LogP contribution in [0.4, 0.5) is 5.82 Å². The lowest BCUT2D eigenvalue weighted by Crippen LogP contribution is -2.23. The smallest absolute Gasteiger partial charge is 0.258 e. The van der Waals surface area contributed by atoms with Crippen LogP contribution >= 0.6 is 11.6 Å². The molecule has 0 radical (unpaired) electrons. The van der Waals surface area contributed by atoms with Gasteiger partial charge in [-0.2, -0.15) is 4.98 Å². The fourth-order valence-electron chi connectivity index (χ4n) is 3.16. The van der Waals surface area contributed by atoms with E-state index in [1.165, 1.54) is 7.11 Å². The van der Waals surface area contributed by atoms with Gasteiger partial charge in [-0.1, -0.05) is 16.8 Å². The molecule has 3 aromatic rings. The average molecular weight is 463 g/mol. The van der Waals surface area contributed by atoms with Crippen LogP contribution in [0.15, 0.2) is 28.8 Å². The molecule has 0 spiro atoms. The Morgan fingerprint density at radius 2 is 1.88 bits per heavy atom. The second kappa shape index (κ2) is 10.6. The molecule has 2 N–H and O–H groups in total. The summed E-state index contributed by atoms with van der Waals surface area (Å²) in [4.78, 5) is 11.3. The first-order valence-corrected chi connectivity index (χ1v) is 10.6. The summed E-state index contributed by atoms with van der Waals surface area (Å²) in [7, 11) is 1.47. The van der Waals surface area contributed by atoms with Crippen molar-refractivity contribution >= 4 is 17.4 Å². The molecule has 1 aromatic carbocycles. The maximum absolute atomic E-state index is 9.52. The normalized spacial score (nSPS) is 12.0. The first-order chi connectivity index (χ1) is 15.4. The molecule has 0 amide bonds. The van der Waals surface area contributed by atoms with Gasteiger partial charge in [0.1, 0.15) is 18.5 Å². The van der Waals surface area contributed by atoms with Gasteiger partial charge in [-0.15, -0.1) is 0 Å². The number of methoxy groups -OCH3 is 1. The number of aliphatic hydroxyl groups is 2. The third kappa shape index (κ3) is 5.29. The quantitative estimate of drug-likeness (QED) is 0.468. The number of ether oxygens (including phenoxy) is 2. The number of hydrogen-bond donors (Lipinski definition) is 2. The van der Waals surface area contributed by atoms with E-state index in [1.807, 2.05) is 19.1 Å². The lowest BCUT2D eigenvalue weighted by Gasteiger charge is -2.20. The molecule has 0 aliphatic rings. The Hall–Kier alpha value is -2.88. The maximum Gasteiger partial charge on any atom is 0.258 e. The van der Waals surface area contributed by atoms with Crippen molar-refractivity contribution in [1.29, 1.82) is 0 Å². The number of benzene rings is 1. The van der Waals surface area contributed by atoms with Crippen molar-refractivity contribution < 1.29 is 24.2 Å². The van der Waals surface area contributed by atoms with Crippen LogP contribution in [0.25, 0.3) is 22.8 Å². The highest BCUT2D eigenvalue weighted by Crippen LogP contribution is 2.39. The second-order valence-corrected chi connectivity index (χ2v) is 7.49. The average Bonchev–Trinajstić information content (AvgIpc) is 3.28. The number of halogens is 1. The molecule has 1 unspecified atom stereocenters. The third-order valence-corrected chi connectivity index (χ3v) is 5.10. The summed E-state index contributed by atoms with van der Waals surface area (Å²) in [6.07, 6.45) is -1.03. The summed E-state index contributed by atoms with van der Waals surface area (Å²) in [5.41, 5.74) is 2.20. The van der Waals surface area contributed by atoms with E-state index in [9.17, 15) is 5.11 Å². The van der Waals surface area contributed by atoms with Gasteiger partial charge >= 0.3 is 0 Å². The zero-order valence-corrected chi connectivity index (χ0v) is 19.3. The third-order valence-electron chi connectivity index (χ3n) is 4.82. The molecule has 0 aliphatic carbocycles. The number of anilines is 1. The van der Waals surface area contributed by atoms with Crippen LogP contribution in [-0.2, 0) is 0 Å². The van der Waals surface area contributed by atoms with E-state index in [2.05, 4.69) is 33.9 Å². The zero-order chi connectivity index (χ0) is 23.3. The Morgan fingerprint density at radius 1 is 1.12 bits per heavy atom. The molecule has 0 bridgehead atoms. The highest BCUT2D eigenvalue weighted by Gasteiger charge is 2.19. The van der Waals surface area contributed by atoms with Crippen molar-refractivity contribution in [3.63, 3.8) is 0 Å². The van der Waals surface area contributed by atoms with Crippen LogP contribution in [0.3, 0.4) is 0 Å². The molecule has 9 nitrogen and oxygen atoms in total. The SMILES string of the molecule is CCN(CC)c1cc(-c2nc(-c3cc(Cl)c(OCC(O)CO)c(OC)c3)no2)cc(C)n1. The van der Waals surface area contributed by atoms with E-state index in [0.717, 1.165) is 30.2 Å². The van der Waals surface area contributed by atoms with E-state index < -0.39 is 12.7 Å². The van der Waals surface area contributed by atoms with Gasteiger partial charge in [-0.3, -0.25) is 0 Å². The molecule has 0 saturated carbocycles. The lowest BCUT2D eigenvalue weighted by molar-refractivity contribution is 0.0528. The molecule has 2 aromatic heterocycles. The molecular weight excluding hydrogens is 436 g/mol. The Bertz CT molecular complexity index is 1050. The molecule has 1 atom stereocenters. The summed E-state index contributed by atoms with van der Waals surface area (Å²) in [5.74, 6) is 2.14. The fourth-order valence-corrected chi connectivity index (χ4v) is 3.43. The van der Waals surface area contributed by atoms with Gasteiger partial charge < -0.3 is 29.1 Å². The highest BCUT2D eigenvalue weighted by molar-refractivity contribution is 6.32. The predicted octanol–water partition coefficient (Wildman–Crippen LogP) is 3.35. The van der Waals surface area contributed by atoms with Crippen LogP contribution in [0, 0.1) is 6.92 Å². The lowest BCUT2D eigenvalue weighted by atomic mass is 10.2. The molecule has 0 aliphatic heterocycles. The fraction of sp³-hybridized carbons (Fsp3) is 0.409. The van der Waals surface area contributed by atoms with Gasteiger partial charge in [-0.25, -0.2) is 4.98 Å². The monoisotopic (exact) mass is 462 g/mol. The predicted molar refractivity (Wildman–Crippen MR) is 121 cm³/mol. The van der Waals surface area contributed by atoms with Gasteiger partial charge in [0.25, 0.3) is 5.89 Å². The van der Waals surface area contributed by atoms with Gasteiger partial charge in [0.15, 0.2) is 11.5 Å². The summed E-state index contributed by atoms with van der Waals surface area (Å²) >= 11 is 6.37. The van der Waals surface area contributed by atoms with Gasteiger partial charge in [0.05, 0.1) is 18.7 Å². The Morgan fingerprint density at radius 3 is 2.53 bits per heavy atom. The van der Waals surface area contributed by atoms with Gasteiger partial charge in [0, 0.05) is 29.9 Å². The van der Waals surface area contributed by atoms with Gasteiger partial charge in [0.2, 0.25) is 5.82 Å². The second-order valence-electron chi connectivity index (χ2n) is 7.09. The van der Waals surface area contributed by atoms with Crippen LogP contribution in [-0.4, -0.2) is 64.9 Å². The number of rotatable bonds is 10. The molecule has 32 heavy (non-hydrogen) atoms. The first-order valence-electron chi connectivity index (χ1n) is 10.3. The number of aliphatic hydroxyl groups excluding tert-OH is 2. The largest absolute Gasteiger partial charge is 0.493 e. The molecule has 172 valence electrons. The zero-order valence-electron chi connectivity index (χ0n) is 18.5. The minimum atomic E-state index is -1.03.